The Hall–Kier alpha value is -1.84. The number of rotatable bonds is 5. The van der Waals surface area contributed by atoms with E-state index in [4.69, 9.17) is 5.11 Å². The molecule has 0 aliphatic carbocycles. The van der Waals surface area contributed by atoms with Crippen molar-refractivity contribution in [3.05, 3.63) is 35.9 Å². The quantitative estimate of drug-likeness (QED) is 0.842. The smallest absolute Gasteiger partial charge is 0.326 e. The number of aliphatic carboxylic acids is 1. The summed E-state index contributed by atoms with van der Waals surface area (Å²) in [5.74, 6) is -1.13. The van der Waals surface area contributed by atoms with Gasteiger partial charge < -0.3 is 10.0 Å². The van der Waals surface area contributed by atoms with Crippen molar-refractivity contribution in [3.8, 4) is 0 Å². The van der Waals surface area contributed by atoms with E-state index in [0.717, 1.165) is 5.56 Å². The van der Waals surface area contributed by atoms with Crippen molar-refractivity contribution in [3.63, 3.8) is 0 Å². The first-order valence-corrected chi connectivity index (χ1v) is 5.58. The van der Waals surface area contributed by atoms with Gasteiger partial charge in [0.15, 0.2) is 0 Å². The van der Waals surface area contributed by atoms with Crippen LogP contribution in [0.15, 0.2) is 30.3 Å². The van der Waals surface area contributed by atoms with Crippen LogP contribution in [0, 0.1) is 0 Å². The Labute approximate surface area is 101 Å². The van der Waals surface area contributed by atoms with Crippen LogP contribution in [0.1, 0.15) is 18.9 Å². The lowest BCUT2D eigenvalue weighted by atomic mass is 10.0. The van der Waals surface area contributed by atoms with Gasteiger partial charge >= 0.3 is 5.97 Å². The molecular formula is C13H17NO3. The molecule has 4 nitrogen and oxygen atoms in total. The van der Waals surface area contributed by atoms with Crippen LogP contribution in [0.2, 0.25) is 0 Å². The zero-order valence-electron chi connectivity index (χ0n) is 10.1. The van der Waals surface area contributed by atoms with Crippen LogP contribution >= 0.6 is 0 Å². The van der Waals surface area contributed by atoms with Crippen molar-refractivity contribution in [2.75, 3.05) is 7.05 Å². The van der Waals surface area contributed by atoms with Gasteiger partial charge in [-0.05, 0) is 5.56 Å². The molecule has 92 valence electrons. The van der Waals surface area contributed by atoms with Crippen LogP contribution < -0.4 is 0 Å². The van der Waals surface area contributed by atoms with Gasteiger partial charge in [-0.15, -0.1) is 0 Å². The second-order valence-corrected chi connectivity index (χ2v) is 3.90. The largest absolute Gasteiger partial charge is 0.480 e. The fraction of sp³-hybridized carbons (Fsp3) is 0.385. The van der Waals surface area contributed by atoms with Crippen molar-refractivity contribution in [2.45, 2.75) is 25.8 Å². The maximum atomic E-state index is 11.5. The molecule has 0 spiro atoms. The van der Waals surface area contributed by atoms with E-state index in [9.17, 15) is 9.59 Å². The predicted octanol–water partition coefficient (Wildman–Crippen LogP) is 1.55. The Morgan fingerprint density at radius 2 is 1.88 bits per heavy atom. The molecule has 0 aliphatic heterocycles. The molecule has 1 aromatic rings. The molecule has 0 aliphatic rings. The van der Waals surface area contributed by atoms with Crippen LogP contribution in [0.5, 0.6) is 0 Å². The number of carbonyl (C=O) groups is 2. The molecule has 0 heterocycles. The number of nitrogens with zero attached hydrogens (tertiary/aromatic N) is 1. The fourth-order valence-electron chi connectivity index (χ4n) is 1.65. The summed E-state index contributed by atoms with van der Waals surface area (Å²) < 4.78 is 0. The Morgan fingerprint density at radius 1 is 1.29 bits per heavy atom. The summed E-state index contributed by atoms with van der Waals surface area (Å²) in [6, 6.07) is 8.51. The average Bonchev–Trinajstić information content (AvgIpc) is 2.35. The van der Waals surface area contributed by atoms with E-state index in [1.807, 2.05) is 30.3 Å². The molecule has 1 aromatic carbocycles. The van der Waals surface area contributed by atoms with E-state index in [-0.39, 0.29) is 5.91 Å². The third kappa shape index (κ3) is 3.59. The average molecular weight is 235 g/mol. The summed E-state index contributed by atoms with van der Waals surface area (Å²) in [5.41, 5.74) is 0.913. The SMILES string of the molecule is CCC(=O)N(C)C(Cc1ccccc1)C(=O)O. The van der Waals surface area contributed by atoms with Gasteiger partial charge in [0.05, 0.1) is 0 Å². The number of benzene rings is 1. The topological polar surface area (TPSA) is 57.6 Å². The fourth-order valence-corrected chi connectivity index (χ4v) is 1.65. The minimum absolute atomic E-state index is 0.159. The van der Waals surface area contributed by atoms with Crippen LogP contribution in [0.25, 0.3) is 0 Å². The number of carboxylic acids is 1. The first kappa shape index (κ1) is 13.2. The summed E-state index contributed by atoms with van der Waals surface area (Å²) in [7, 11) is 1.54. The van der Waals surface area contributed by atoms with Gasteiger partial charge in [-0.3, -0.25) is 4.79 Å². The molecular weight excluding hydrogens is 218 g/mol. The molecule has 1 atom stereocenters. The molecule has 4 heteroatoms. The molecule has 0 saturated carbocycles. The highest BCUT2D eigenvalue weighted by atomic mass is 16.4. The van der Waals surface area contributed by atoms with Crippen LogP contribution in [0.3, 0.4) is 0 Å². The van der Waals surface area contributed by atoms with Gasteiger partial charge in [-0.25, -0.2) is 4.79 Å². The van der Waals surface area contributed by atoms with Crippen LogP contribution in [0.4, 0.5) is 0 Å². The summed E-state index contributed by atoms with van der Waals surface area (Å²) >= 11 is 0. The van der Waals surface area contributed by atoms with Gasteiger partial charge in [-0.2, -0.15) is 0 Å². The van der Waals surface area contributed by atoms with E-state index < -0.39 is 12.0 Å². The lowest BCUT2D eigenvalue weighted by Crippen LogP contribution is -2.43. The zero-order chi connectivity index (χ0) is 12.8. The molecule has 0 fully saturated rings. The third-order valence-corrected chi connectivity index (χ3v) is 2.72. The van der Waals surface area contributed by atoms with E-state index in [2.05, 4.69) is 0 Å². The number of carboxylic acid groups (broad SMARTS) is 1. The van der Waals surface area contributed by atoms with Gasteiger partial charge in [-0.1, -0.05) is 37.3 Å². The summed E-state index contributed by atoms with van der Waals surface area (Å²) in [6.07, 6.45) is 0.646. The number of carbonyl (C=O) groups excluding carboxylic acids is 1. The Bertz CT molecular complexity index is 389. The minimum Gasteiger partial charge on any atom is -0.480 e. The van der Waals surface area contributed by atoms with Crippen molar-refractivity contribution >= 4 is 11.9 Å². The van der Waals surface area contributed by atoms with Gasteiger partial charge in [0.25, 0.3) is 0 Å². The van der Waals surface area contributed by atoms with Crippen molar-refractivity contribution in [1.82, 2.24) is 4.90 Å². The molecule has 0 bridgehead atoms. The maximum Gasteiger partial charge on any atom is 0.326 e. The molecule has 1 amide bonds. The van der Waals surface area contributed by atoms with E-state index in [1.54, 1.807) is 6.92 Å². The van der Waals surface area contributed by atoms with Crippen molar-refractivity contribution < 1.29 is 14.7 Å². The molecule has 1 N–H and O–H groups in total. The lowest BCUT2D eigenvalue weighted by Gasteiger charge is -2.24. The number of amides is 1. The molecule has 1 rings (SSSR count). The van der Waals surface area contributed by atoms with E-state index >= 15 is 0 Å². The normalized spacial score (nSPS) is 11.9. The van der Waals surface area contributed by atoms with E-state index in [0.29, 0.717) is 12.8 Å². The van der Waals surface area contributed by atoms with Crippen molar-refractivity contribution in [1.29, 1.82) is 0 Å². The minimum atomic E-state index is -0.974. The first-order chi connectivity index (χ1) is 8.06. The highest BCUT2D eigenvalue weighted by Crippen LogP contribution is 2.09. The second-order valence-electron chi connectivity index (χ2n) is 3.90. The summed E-state index contributed by atoms with van der Waals surface area (Å²) in [4.78, 5) is 24.0. The molecule has 0 saturated heterocycles. The Balaban J connectivity index is 2.81. The zero-order valence-corrected chi connectivity index (χ0v) is 10.1. The third-order valence-electron chi connectivity index (χ3n) is 2.72. The summed E-state index contributed by atoms with van der Waals surface area (Å²) in [6.45, 7) is 1.72. The van der Waals surface area contributed by atoms with E-state index in [1.165, 1.54) is 11.9 Å². The second kappa shape index (κ2) is 6.03. The standard InChI is InChI=1S/C13H17NO3/c1-3-12(15)14(2)11(13(16)17)9-10-7-5-4-6-8-10/h4-8,11H,3,9H2,1-2H3,(H,16,17). The highest BCUT2D eigenvalue weighted by molar-refractivity contribution is 5.83. The number of likely N-dealkylation sites (N-methyl/N-ethyl adjacent to an activating group) is 1. The number of hydrogen-bond donors (Lipinski definition) is 1. The predicted molar refractivity (Wildman–Crippen MR) is 64.6 cm³/mol. The van der Waals surface area contributed by atoms with Gasteiger partial charge in [0, 0.05) is 19.9 Å². The molecule has 17 heavy (non-hydrogen) atoms. The molecule has 1 unspecified atom stereocenters. The maximum absolute atomic E-state index is 11.5. The Kier molecular flexibility index (Phi) is 4.69. The highest BCUT2D eigenvalue weighted by Gasteiger charge is 2.25. The monoisotopic (exact) mass is 235 g/mol. The molecule has 0 aromatic heterocycles. The van der Waals surface area contributed by atoms with Gasteiger partial charge in [0.2, 0.25) is 5.91 Å². The lowest BCUT2D eigenvalue weighted by molar-refractivity contribution is -0.148. The van der Waals surface area contributed by atoms with Gasteiger partial charge in [0.1, 0.15) is 6.04 Å². The van der Waals surface area contributed by atoms with Crippen molar-refractivity contribution in [2.24, 2.45) is 0 Å². The number of hydrogen-bond acceptors (Lipinski definition) is 2. The summed E-state index contributed by atoms with van der Waals surface area (Å²) in [5, 5.41) is 9.16. The van der Waals surface area contributed by atoms with Crippen LogP contribution in [-0.2, 0) is 16.0 Å². The first-order valence-electron chi connectivity index (χ1n) is 5.58. The Morgan fingerprint density at radius 3 is 2.35 bits per heavy atom. The molecule has 0 radical (unpaired) electrons. The van der Waals surface area contributed by atoms with Crippen LogP contribution in [-0.4, -0.2) is 35.0 Å².